The topological polar surface area (TPSA) is 124 Å². The van der Waals surface area contributed by atoms with Crippen LogP contribution in [0.3, 0.4) is 0 Å². The zero-order chi connectivity index (χ0) is 20.5. The van der Waals surface area contributed by atoms with Gasteiger partial charge in [0.1, 0.15) is 6.04 Å². The summed E-state index contributed by atoms with van der Waals surface area (Å²) in [6, 6.07) is -0.988. The van der Waals surface area contributed by atoms with E-state index in [1.54, 1.807) is 7.05 Å². The molecule has 8 nitrogen and oxygen atoms in total. The third-order valence-electron chi connectivity index (χ3n) is 3.83. The van der Waals surface area contributed by atoms with Gasteiger partial charge in [0, 0.05) is 33.5 Å². The highest BCUT2D eigenvalue weighted by Crippen LogP contribution is 2.22. The summed E-state index contributed by atoms with van der Waals surface area (Å²) in [6.07, 6.45) is 1.44. The average Bonchev–Trinajstić information content (AvgIpc) is 2.54. The first-order valence-corrected chi connectivity index (χ1v) is 9.77. The molecule has 0 rings (SSSR count). The van der Waals surface area contributed by atoms with Gasteiger partial charge in [0.25, 0.3) is 5.91 Å². The number of likely N-dealkylation sites (N-methyl/N-ethyl adjacent to an activating group) is 2. The van der Waals surface area contributed by atoms with Gasteiger partial charge in [-0.2, -0.15) is 0 Å². The first-order chi connectivity index (χ1) is 12.0. The largest absolute Gasteiger partial charge is 0.396 e. The molecule has 0 saturated heterocycles. The number of thioether (sulfide) groups is 1. The van der Waals surface area contributed by atoms with Gasteiger partial charge in [0.15, 0.2) is 5.37 Å². The zero-order valence-corrected chi connectivity index (χ0v) is 17.2. The van der Waals surface area contributed by atoms with E-state index < -0.39 is 28.8 Å². The van der Waals surface area contributed by atoms with Crippen LogP contribution in [0.25, 0.3) is 0 Å². The fraction of sp³-hybridized carbons (Fsp3) is 0.824. The Balaban J connectivity index is 5.44. The highest BCUT2D eigenvalue weighted by molar-refractivity contribution is 8.00. The quantitative estimate of drug-likeness (QED) is 0.322. The predicted octanol–water partition coefficient (Wildman–Crippen LogP) is 0.160. The maximum atomic E-state index is 13.0. The molecule has 0 fully saturated rings. The number of carbonyl (C=O) groups is 3. The number of amides is 3. The lowest BCUT2D eigenvalue weighted by molar-refractivity contribution is -0.145. The molecule has 0 heterocycles. The number of hydrogen-bond acceptors (Lipinski definition) is 6. The number of aliphatic hydroxyl groups is 2. The minimum absolute atomic E-state index is 0.00871. The van der Waals surface area contributed by atoms with E-state index >= 15 is 0 Å². The molecular weight excluding hydrogens is 358 g/mol. The Kier molecular flexibility index (Phi) is 10.8. The molecule has 4 N–H and O–H groups in total. The predicted molar refractivity (Wildman–Crippen MR) is 102 cm³/mol. The fourth-order valence-corrected chi connectivity index (χ4v) is 3.53. The fourth-order valence-electron chi connectivity index (χ4n) is 2.36. The molecule has 0 aliphatic heterocycles. The summed E-state index contributed by atoms with van der Waals surface area (Å²) in [6.45, 7) is 4.93. The summed E-state index contributed by atoms with van der Waals surface area (Å²) in [5, 5.41) is 18.1. The second-order valence-electron chi connectivity index (χ2n) is 6.94. The average molecular weight is 392 g/mol. The number of rotatable bonds is 12. The molecule has 0 aliphatic rings. The number of nitrogens with zero attached hydrogens (tertiary/aromatic N) is 2. The number of carbonyl (C=O) groups excluding carboxylic acids is 3. The van der Waals surface area contributed by atoms with Gasteiger partial charge in [0.2, 0.25) is 11.8 Å². The van der Waals surface area contributed by atoms with Gasteiger partial charge in [-0.15, -0.1) is 11.8 Å². The van der Waals surface area contributed by atoms with E-state index in [0.29, 0.717) is 25.0 Å². The molecule has 0 saturated carbocycles. The lowest BCUT2D eigenvalue weighted by Crippen LogP contribution is -2.54. The molecule has 0 aromatic carbocycles. The van der Waals surface area contributed by atoms with Gasteiger partial charge < -0.3 is 25.7 Å². The Bertz CT molecular complexity index is 482. The van der Waals surface area contributed by atoms with Crippen molar-refractivity contribution in [2.24, 2.45) is 5.73 Å². The second-order valence-corrected chi connectivity index (χ2v) is 8.13. The van der Waals surface area contributed by atoms with Crippen LogP contribution in [-0.2, 0) is 14.4 Å². The Labute approximate surface area is 160 Å². The van der Waals surface area contributed by atoms with Crippen LogP contribution in [0.1, 0.15) is 46.5 Å². The summed E-state index contributed by atoms with van der Waals surface area (Å²) in [5.41, 5.74) is 4.24. The molecular formula is C17H33N3O5S. The highest BCUT2D eigenvalue weighted by atomic mass is 32.2. The van der Waals surface area contributed by atoms with E-state index in [4.69, 9.17) is 10.8 Å². The Morgan fingerprint density at radius 3 is 2.19 bits per heavy atom. The number of primary amides is 1. The molecule has 2 atom stereocenters. The van der Waals surface area contributed by atoms with Crippen molar-refractivity contribution < 1.29 is 24.6 Å². The van der Waals surface area contributed by atoms with Crippen molar-refractivity contribution in [3.8, 4) is 0 Å². The van der Waals surface area contributed by atoms with E-state index in [9.17, 15) is 19.5 Å². The van der Waals surface area contributed by atoms with Crippen LogP contribution in [0.5, 0.6) is 0 Å². The van der Waals surface area contributed by atoms with Gasteiger partial charge in [-0.25, -0.2) is 0 Å². The minimum Gasteiger partial charge on any atom is -0.396 e. The monoisotopic (exact) mass is 391 g/mol. The lowest BCUT2D eigenvalue weighted by Gasteiger charge is -2.35. The van der Waals surface area contributed by atoms with Crippen molar-refractivity contribution in [2.45, 2.75) is 63.5 Å². The Hall–Kier alpha value is -1.32. The SMILES string of the molecule is CCCC(=O)N(C)[C@H](SCCCO)C(=O)N(C)[C@@H](CC(C)(C)O)C(N)=O. The Morgan fingerprint density at radius 2 is 1.77 bits per heavy atom. The standard InChI is InChI=1S/C17H33N3O5S/c1-6-8-13(22)20(5)16(26-10-7-9-21)15(24)19(4)12(14(18)23)11-17(2,3)25/h12,16,21,25H,6-11H2,1-5H3,(H2,18,23)/t12-,16+/m0/s1. The number of aliphatic hydroxyl groups excluding tert-OH is 1. The summed E-state index contributed by atoms with van der Waals surface area (Å²) in [5.74, 6) is -0.844. The van der Waals surface area contributed by atoms with Crippen LogP contribution in [-0.4, -0.2) is 81.2 Å². The van der Waals surface area contributed by atoms with Gasteiger partial charge >= 0.3 is 0 Å². The van der Waals surface area contributed by atoms with Crippen LogP contribution in [0, 0.1) is 0 Å². The summed E-state index contributed by atoms with van der Waals surface area (Å²) >= 11 is 1.23. The molecule has 0 bridgehead atoms. The molecule has 0 spiro atoms. The van der Waals surface area contributed by atoms with Crippen molar-refractivity contribution >= 4 is 29.5 Å². The minimum atomic E-state index is -1.18. The van der Waals surface area contributed by atoms with E-state index in [0.717, 1.165) is 0 Å². The van der Waals surface area contributed by atoms with Crippen molar-refractivity contribution in [1.82, 2.24) is 9.80 Å². The van der Waals surface area contributed by atoms with E-state index in [2.05, 4.69) is 0 Å². The van der Waals surface area contributed by atoms with Crippen LogP contribution < -0.4 is 5.73 Å². The van der Waals surface area contributed by atoms with Crippen LogP contribution >= 0.6 is 11.8 Å². The van der Waals surface area contributed by atoms with Gasteiger partial charge in [-0.05, 0) is 32.4 Å². The molecule has 26 heavy (non-hydrogen) atoms. The first kappa shape index (κ1) is 24.7. The maximum absolute atomic E-state index is 13.0. The first-order valence-electron chi connectivity index (χ1n) is 8.72. The molecule has 0 unspecified atom stereocenters. The molecule has 152 valence electrons. The second kappa shape index (κ2) is 11.4. The normalized spacial score (nSPS) is 13.8. The Morgan fingerprint density at radius 1 is 1.19 bits per heavy atom. The maximum Gasteiger partial charge on any atom is 0.256 e. The van der Waals surface area contributed by atoms with E-state index in [1.165, 1.54) is 42.5 Å². The summed E-state index contributed by atoms with van der Waals surface area (Å²) in [7, 11) is 3.00. The van der Waals surface area contributed by atoms with Crippen molar-refractivity contribution in [3.63, 3.8) is 0 Å². The van der Waals surface area contributed by atoms with Crippen molar-refractivity contribution in [1.29, 1.82) is 0 Å². The van der Waals surface area contributed by atoms with Crippen molar-refractivity contribution in [2.75, 3.05) is 26.5 Å². The molecule has 9 heteroatoms. The summed E-state index contributed by atoms with van der Waals surface area (Å²) < 4.78 is 0. The van der Waals surface area contributed by atoms with Gasteiger partial charge in [-0.1, -0.05) is 6.92 Å². The highest BCUT2D eigenvalue weighted by Gasteiger charge is 2.36. The zero-order valence-electron chi connectivity index (χ0n) is 16.4. The van der Waals surface area contributed by atoms with Gasteiger partial charge in [0.05, 0.1) is 5.60 Å². The van der Waals surface area contributed by atoms with Gasteiger partial charge in [-0.3, -0.25) is 14.4 Å². The lowest BCUT2D eigenvalue weighted by atomic mass is 9.97. The van der Waals surface area contributed by atoms with Crippen LogP contribution in [0.2, 0.25) is 0 Å². The molecule has 0 aromatic rings. The number of nitrogens with two attached hydrogens (primary N) is 1. The molecule has 0 radical (unpaired) electrons. The van der Waals surface area contributed by atoms with E-state index in [-0.39, 0.29) is 18.9 Å². The number of hydrogen-bond donors (Lipinski definition) is 3. The molecule has 0 aromatic heterocycles. The third-order valence-corrected chi connectivity index (χ3v) is 5.19. The molecule has 0 aliphatic carbocycles. The van der Waals surface area contributed by atoms with Crippen LogP contribution in [0.15, 0.2) is 0 Å². The van der Waals surface area contributed by atoms with Crippen molar-refractivity contribution in [3.05, 3.63) is 0 Å². The summed E-state index contributed by atoms with van der Waals surface area (Å²) in [4.78, 5) is 39.6. The van der Waals surface area contributed by atoms with Crippen LogP contribution in [0.4, 0.5) is 0 Å². The molecule has 3 amide bonds. The third kappa shape index (κ3) is 8.37. The van der Waals surface area contributed by atoms with E-state index in [1.807, 2.05) is 6.92 Å². The smallest absolute Gasteiger partial charge is 0.256 e.